The molecule has 2 rings (SSSR count). The Balaban J connectivity index is 2.06. The van der Waals surface area contributed by atoms with Gasteiger partial charge in [0, 0.05) is 19.6 Å². The van der Waals surface area contributed by atoms with Crippen molar-refractivity contribution < 1.29 is 9.90 Å². The van der Waals surface area contributed by atoms with Crippen LogP contribution in [0.5, 0.6) is 0 Å². The average Bonchev–Trinajstić information content (AvgIpc) is 2.40. The fourth-order valence-corrected chi connectivity index (χ4v) is 2.49. The lowest BCUT2D eigenvalue weighted by molar-refractivity contribution is -0.136. The van der Waals surface area contributed by atoms with Gasteiger partial charge in [0.1, 0.15) is 0 Å². The molecule has 1 unspecified atom stereocenters. The van der Waals surface area contributed by atoms with Crippen LogP contribution in [0.2, 0.25) is 0 Å². The lowest BCUT2D eigenvalue weighted by atomic mass is 9.91. The van der Waals surface area contributed by atoms with Crippen LogP contribution in [0.15, 0.2) is 30.3 Å². The van der Waals surface area contributed by atoms with E-state index in [1.54, 1.807) is 0 Å². The molecule has 0 saturated carbocycles. The highest BCUT2D eigenvalue weighted by atomic mass is 16.3. The Bertz CT molecular complexity index is 421. The number of nitrogens with zero attached hydrogens (tertiary/aromatic N) is 1. The van der Waals surface area contributed by atoms with Crippen LogP contribution in [0.25, 0.3) is 0 Å². The minimum atomic E-state index is -0.637. The van der Waals surface area contributed by atoms with Crippen LogP contribution < -0.4 is 5.73 Å². The average molecular weight is 262 g/mol. The van der Waals surface area contributed by atoms with Crippen LogP contribution in [0.4, 0.5) is 0 Å². The summed E-state index contributed by atoms with van der Waals surface area (Å²) in [5.74, 6) is -0.201. The molecule has 1 saturated heterocycles. The van der Waals surface area contributed by atoms with Crippen molar-refractivity contribution in [1.82, 2.24) is 4.90 Å². The molecule has 1 amide bonds. The van der Waals surface area contributed by atoms with E-state index in [0.29, 0.717) is 32.5 Å². The van der Waals surface area contributed by atoms with Gasteiger partial charge in [0.05, 0.1) is 11.5 Å². The first-order chi connectivity index (χ1) is 9.03. The molecule has 104 valence electrons. The largest absolute Gasteiger partial charge is 0.390 e. The van der Waals surface area contributed by atoms with E-state index in [-0.39, 0.29) is 11.8 Å². The number of rotatable bonds is 3. The zero-order chi connectivity index (χ0) is 13.9. The molecule has 1 aromatic carbocycles. The SMILES string of the molecule is CC1(O)CCN(C(=O)C(CN)c2ccccc2)CC1. The fourth-order valence-electron chi connectivity index (χ4n) is 2.49. The van der Waals surface area contributed by atoms with E-state index in [1.807, 2.05) is 42.2 Å². The van der Waals surface area contributed by atoms with Gasteiger partial charge in [-0.3, -0.25) is 4.79 Å². The maximum Gasteiger partial charge on any atom is 0.231 e. The summed E-state index contributed by atoms with van der Waals surface area (Å²) in [4.78, 5) is 14.3. The molecule has 1 heterocycles. The molecule has 0 spiro atoms. The maximum atomic E-state index is 12.5. The fraction of sp³-hybridized carbons (Fsp3) is 0.533. The van der Waals surface area contributed by atoms with Crippen LogP contribution in [0.1, 0.15) is 31.2 Å². The molecule has 4 nitrogen and oxygen atoms in total. The molecule has 3 N–H and O–H groups in total. The van der Waals surface area contributed by atoms with E-state index < -0.39 is 5.60 Å². The van der Waals surface area contributed by atoms with E-state index in [2.05, 4.69) is 0 Å². The molecule has 0 aliphatic carbocycles. The molecular weight excluding hydrogens is 240 g/mol. The molecule has 0 bridgehead atoms. The van der Waals surface area contributed by atoms with Crippen molar-refractivity contribution in [3.8, 4) is 0 Å². The van der Waals surface area contributed by atoms with E-state index in [9.17, 15) is 9.90 Å². The van der Waals surface area contributed by atoms with Crippen molar-refractivity contribution in [3.05, 3.63) is 35.9 Å². The zero-order valence-corrected chi connectivity index (χ0v) is 11.4. The highest BCUT2D eigenvalue weighted by Gasteiger charge is 2.32. The number of hydrogen-bond donors (Lipinski definition) is 2. The second-order valence-electron chi connectivity index (χ2n) is 5.52. The number of nitrogens with two attached hydrogens (primary N) is 1. The standard InChI is InChI=1S/C15H22N2O2/c1-15(19)7-9-17(10-8-15)14(18)13(11-16)12-5-3-2-4-6-12/h2-6,13,19H,7-11,16H2,1H3. The second-order valence-corrected chi connectivity index (χ2v) is 5.52. The predicted octanol–water partition coefficient (Wildman–Crippen LogP) is 1.10. The Labute approximate surface area is 114 Å². The van der Waals surface area contributed by atoms with E-state index in [4.69, 9.17) is 5.73 Å². The molecule has 1 aliphatic rings. The molecule has 1 aliphatic heterocycles. The number of aliphatic hydroxyl groups is 1. The lowest BCUT2D eigenvalue weighted by Crippen LogP contribution is -2.47. The normalized spacial score (nSPS) is 20.1. The Morgan fingerprint density at radius 3 is 2.47 bits per heavy atom. The van der Waals surface area contributed by atoms with Crippen molar-refractivity contribution in [2.75, 3.05) is 19.6 Å². The lowest BCUT2D eigenvalue weighted by Gasteiger charge is -2.37. The quantitative estimate of drug-likeness (QED) is 0.857. The van der Waals surface area contributed by atoms with Gasteiger partial charge in [0.2, 0.25) is 5.91 Å². The monoisotopic (exact) mass is 262 g/mol. The summed E-state index contributed by atoms with van der Waals surface area (Å²) < 4.78 is 0. The summed E-state index contributed by atoms with van der Waals surface area (Å²) in [6.07, 6.45) is 1.26. The summed E-state index contributed by atoms with van der Waals surface area (Å²) in [5.41, 5.74) is 6.10. The number of benzene rings is 1. The van der Waals surface area contributed by atoms with Crippen molar-refractivity contribution in [1.29, 1.82) is 0 Å². The molecule has 0 radical (unpaired) electrons. The summed E-state index contributed by atoms with van der Waals surface area (Å²) in [7, 11) is 0. The van der Waals surface area contributed by atoms with Crippen LogP contribution >= 0.6 is 0 Å². The van der Waals surface area contributed by atoms with Gasteiger partial charge < -0.3 is 15.7 Å². The van der Waals surface area contributed by atoms with Gasteiger partial charge in [-0.25, -0.2) is 0 Å². The highest BCUT2D eigenvalue weighted by molar-refractivity contribution is 5.84. The molecule has 1 aromatic rings. The van der Waals surface area contributed by atoms with Gasteiger partial charge >= 0.3 is 0 Å². The summed E-state index contributed by atoms with van der Waals surface area (Å²) >= 11 is 0. The molecule has 0 aromatic heterocycles. The Hall–Kier alpha value is -1.39. The third kappa shape index (κ3) is 3.33. The van der Waals surface area contributed by atoms with Crippen LogP contribution in [0.3, 0.4) is 0 Å². The van der Waals surface area contributed by atoms with Gasteiger partial charge in [-0.15, -0.1) is 0 Å². The van der Waals surface area contributed by atoms with E-state index >= 15 is 0 Å². The second kappa shape index (κ2) is 5.72. The maximum absolute atomic E-state index is 12.5. The van der Waals surface area contributed by atoms with Crippen LogP contribution in [-0.4, -0.2) is 41.1 Å². The van der Waals surface area contributed by atoms with Crippen molar-refractivity contribution in [2.24, 2.45) is 5.73 Å². The number of carbonyl (C=O) groups is 1. The number of hydrogen-bond acceptors (Lipinski definition) is 3. The Morgan fingerprint density at radius 1 is 1.37 bits per heavy atom. The van der Waals surface area contributed by atoms with E-state index in [0.717, 1.165) is 5.56 Å². The topological polar surface area (TPSA) is 66.6 Å². The van der Waals surface area contributed by atoms with Gasteiger partial charge in [0.25, 0.3) is 0 Å². The summed E-state index contributed by atoms with van der Waals surface area (Å²) in [6, 6.07) is 9.66. The molecule has 19 heavy (non-hydrogen) atoms. The predicted molar refractivity (Wildman–Crippen MR) is 74.7 cm³/mol. The van der Waals surface area contributed by atoms with Crippen molar-refractivity contribution in [2.45, 2.75) is 31.3 Å². The minimum absolute atomic E-state index is 0.0733. The van der Waals surface area contributed by atoms with Crippen molar-refractivity contribution in [3.63, 3.8) is 0 Å². The first-order valence-corrected chi connectivity index (χ1v) is 6.80. The van der Waals surface area contributed by atoms with Gasteiger partial charge in [-0.2, -0.15) is 0 Å². The first-order valence-electron chi connectivity index (χ1n) is 6.80. The zero-order valence-electron chi connectivity index (χ0n) is 11.4. The molecular formula is C15H22N2O2. The summed E-state index contributed by atoms with van der Waals surface area (Å²) in [6.45, 7) is 3.35. The molecule has 1 atom stereocenters. The number of piperidine rings is 1. The Morgan fingerprint density at radius 2 is 1.95 bits per heavy atom. The first kappa shape index (κ1) is 14.0. The third-order valence-electron chi connectivity index (χ3n) is 3.89. The van der Waals surface area contributed by atoms with Gasteiger partial charge in [-0.1, -0.05) is 30.3 Å². The number of likely N-dealkylation sites (tertiary alicyclic amines) is 1. The molecule has 1 fully saturated rings. The molecule has 4 heteroatoms. The minimum Gasteiger partial charge on any atom is -0.390 e. The Kier molecular flexibility index (Phi) is 4.22. The van der Waals surface area contributed by atoms with Crippen molar-refractivity contribution >= 4 is 5.91 Å². The van der Waals surface area contributed by atoms with Crippen LogP contribution in [0, 0.1) is 0 Å². The summed E-state index contributed by atoms with van der Waals surface area (Å²) in [5, 5.41) is 9.92. The number of amides is 1. The van der Waals surface area contributed by atoms with E-state index in [1.165, 1.54) is 0 Å². The number of carbonyl (C=O) groups excluding carboxylic acids is 1. The van der Waals surface area contributed by atoms with Gasteiger partial charge in [-0.05, 0) is 25.3 Å². The van der Waals surface area contributed by atoms with Gasteiger partial charge in [0.15, 0.2) is 0 Å². The smallest absolute Gasteiger partial charge is 0.231 e. The third-order valence-corrected chi connectivity index (χ3v) is 3.89. The van der Waals surface area contributed by atoms with Crippen LogP contribution in [-0.2, 0) is 4.79 Å². The highest BCUT2D eigenvalue weighted by Crippen LogP contribution is 2.24.